The van der Waals surface area contributed by atoms with Crippen LogP contribution in [0.4, 0.5) is 4.39 Å². The highest BCUT2D eigenvalue weighted by atomic mass is 19.1. The van der Waals surface area contributed by atoms with Crippen LogP contribution in [-0.4, -0.2) is 20.9 Å². The standard InChI is InChI=1S/C14H9FN2O2/c15-11-6-3-5-10(14(18)19)13(11)17-12-7-2-1-4-9(12)8-16-17/h1-8H,(H,18,19). The van der Waals surface area contributed by atoms with E-state index in [1.165, 1.54) is 22.9 Å². The summed E-state index contributed by atoms with van der Waals surface area (Å²) in [6.07, 6.45) is 1.58. The van der Waals surface area contributed by atoms with E-state index in [-0.39, 0.29) is 11.3 Å². The van der Waals surface area contributed by atoms with Gasteiger partial charge in [-0.25, -0.2) is 13.9 Å². The van der Waals surface area contributed by atoms with E-state index in [1.807, 2.05) is 12.1 Å². The molecule has 4 nitrogen and oxygen atoms in total. The van der Waals surface area contributed by atoms with E-state index in [0.717, 1.165) is 5.39 Å². The largest absolute Gasteiger partial charge is 0.478 e. The SMILES string of the molecule is O=C(O)c1cccc(F)c1-n1ncc2ccccc21. The first kappa shape index (κ1) is 11.4. The summed E-state index contributed by atoms with van der Waals surface area (Å²) in [4.78, 5) is 11.2. The average Bonchev–Trinajstić information content (AvgIpc) is 2.82. The van der Waals surface area contributed by atoms with Crippen molar-refractivity contribution in [3.63, 3.8) is 0 Å². The van der Waals surface area contributed by atoms with Crippen molar-refractivity contribution in [1.82, 2.24) is 9.78 Å². The highest BCUT2D eigenvalue weighted by Crippen LogP contribution is 2.23. The molecular weight excluding hydrogens is 247 g/mol. The topological polar surface area (TPSA) is 55.1 Å². The second-order valence-corrected chi connectivity index (χ2v) is 4.06. The third-order valence-electron chi connectivity index (χ3n) is 2.91. The minimum Gasteiger partial charge on any atom is -0.478 e. The minimum absolute atomic E-state index is 0.0452. The van der Waals surface area contributed by atoms with Crippen molar-refractivity contribution in [2.24, 2.45) is 0 Å². The van der Waals surface area contributed by atoms with Crippen LogP contribution in [0, 0.1) is 5.82 Å². The van der Waals surface area contributed by atoms with Crippen LogP contribution in [0.15, 0.2) is 48.7 Å². The third kappa shape index (κ3) is 1.76. The van der Waals surface area contributed by atoms with Crippen LogP contribution in [0.3, 0.4) is 0 Å². The van der Waals surface area contributed by atoms with Gasteiger partial charge in [-0.05, 0) is 18.2 Å². The Bertz CT molecular complexity index is 780. The number of halogens is 1. The molecule has 0 unspecified atom stereocenters. The summed E-state index contributed by atoms with van der Waals surface area (Å²) in [5, 5.41) is 14.1. The predicted octanol–water partition coefficient (Wildman–Crippen LogP) is 2.86. The van der Waals surface area contributed by atoms with E-state index in [9.17, 15) is 9.18 Å². The number of carboxylic acid groups (broad SMARTS) is 1. The summed E-state index contributed by atoms with van der Waals surface area (Å²) in [5.41, 5.74) is 0.500. The molecule has 0 spiro atoms. The van der Waals surface area contributed by atoms with Gasteiger partial charge in [-0.3, -0.25) is 0 Å². The second-order valence-electron chi connectivity index (χ2n) is 4.06. The molecule has 0 radical (unpaired) electrons. The lowest BCUT2D eigenvalue weighted by molar-refractivity contribution is 0.0696. The van der Waals surface area contributed by atoms with Crippen molar-refractivity contribution in [3.8, 4) is 5.69 Å². The fraction of sp³-hybridized carbons (Fsp3) is 0. The molecule has 0 saturated heterocycles. The molecule has 1 N–H and O–H groups in total. The number of hydrogen-bond acceptors (Lipinski definition) is 2. The van der Waals surface area contributed by atoms with Crippen LogP contribution in [0.2, 0.25) is 0 Å². The Labute approximate surface area is 107 Å². The van der Waals surface area contributed by atoms with Crippen molar-refractivity contribution in [3.05, 3.63) is 60.0 Å². The first-order valence-electron chi connectivity index (χ1n) is 5.63. The normalized spacial score (nSPS) is 10.8. The number of aromatic carboxylic acids is 1. The van der Waals surface area contributed by atoms with E-state index in [1.54, 1.807) is 18.3 Å². The van der Waals surface area contributed by atoms with Crippen molar-refractivity contribution < 1.29 is 14.3 Å². The number of para-hydroxylation sites is 2. The van der Waals surface area contributed by atoms with E-state index in [4.69, 9.17) is 5.11 Å². The summed E-state index contributed by atoms with van der Waals surface area (Å²) < 4.78 is 15.3. The molecule has 0 bridgehead atoms. The molecule has 3 aromatic rings. The molecule has 1 aromatic heterocycles. The zero-order valence-corrected chi connectivity index (χ0v) is 9.75. The quantitative estimate of drug-likeness (QED) is 0.767. The highest BCUT2D eigenvalue weighted by Gasteiger charge is 2.18. The molecule has 1 heterocycles. The Morgan fingerprint density at radius 1 is 1.16 bits per heavy atom. The van der Waals surface area contributed by atoms with Crippen LogP contribution >= 0.6 is 0 Å². The molecule has 0 fully saturated rings. The predicted molar refractivity (Wildman–Crippen MR) is 68.0 cm³/mol. The van der Waals surface area contributed by atoms with Gasteiger partial charge in [0.15, 0.2) is 0 Å². The molecule has 2 aromatic carbocycles. The zero-order valence-electron chi connectivity index (χ0n) is 9.75. The van der Waals surface area contributed by atoms with Crippen LogP contribution in [0.5, 0.6) is 0 Å². The van der Waals surface area contributed by atoms with Crippen LogP contribution < -0.4 is 0 Å². The van der Waals surface area contributed by atoms with Gasteiger partial charge >= 0.3 is 5.97 Å². The molecule has 19 heavy (non-hydrogen) atoms. The molecule has 0 atom stereocenters. The van der Waals surface area contributed by atoms with Crippen LogP contribution in [0.25, 0.3) is 16.6 Å². The number of nitrogens with zero attached hydrogens (tertiary/aromatic N) is 2. The highest BCUT2D eigenvalue weighted by molar-refractivity contribution is 5.93. The van der Waals surface area contributed by atoms with E-state index >= 15 is 0 Å². The van der Waals surface area contributed by atoms with Gasteiger partial charge in [-0.2, -0.15) is 5.10 Å². The third-order valence-corrected chi connectivity index (χ3v) is 2.91. The van der Waals surface area contributed by atoms with Gasteiger partial charge in [-0.1, -0.05) is 24.3 Å². The van der Waals surface area contributed by atoms with Crippen molar-refractivity contribution >= 4 is 16.9 Å². The first-order chi connectivity index (χ1) is 9.18. The second kappa shape index (κ2) is 4.20. The Morgan fingerprint density at radius 3 is 2.74 bits per heavy atom. The Balaban J connectivity index is 2.36. The lowest BCUT2D eigenvalue weighted by Crippen LogP contribution is -2.08. The molecule has 3 rings (SSSR count). The number of carboxylic acids is 1. The average molecular weight is 256 g/mol. The van der Waals surface area contributed by atoms with Gasteiger partial charge in [0.1, 0.15) is 11.5 Å². The Hall–Kier alpha value is -2.69. The van der Waals surface area contributed by atoms with Gasteiger partial charge < -0.3 is 5.11 Å². The molecule has 0 saturated carbocycles. The maximum atomic E-state index is 14.0. The lowest BCUT2D eigenvalue weighted by Gasteiger charge is -2.08. The number of rotatable bonds is 2. The van der Waals surface area contributed by atoms with Crippen molar-refractivity contribution in [1.29, 1.82) is 0 Å². The maximum absolute atomic E-state index is 14.0. The number of carbonyl (C=O) groups is 1. The number of hydrogen-bond donors (Lipinski definition) is 1. The van der Waals surface area contributed by atoms with Gasteiger partial charge in [-0.15, -0.1) is 0 Å². The zero-order chi connectivity index (χ0) is 13.4. The summed E-state index contributed by atoms with van der Waals surface area (Å²) in [6, 6.07) is 11.2. The van der Waals surface area contributed by atoms with Crippen LogP contribution in [-0.2, 0) is 0 Å². The minimum atomic E-state index is -1.19. The summed E-state index contributed by atoms with van der Waals surface area (Å²) in [5.74, 6) is -1.80. The molecule has 0 aliphatic carbocycles. The first-order valence-corrected chi connectivity index (χ1v) is 5.63. The smallest absolute Gasteiger partial charge is 0.338 e. The van der Waals surface area contributed by atoms with Gasteiger partial charge in [0.2, 0.25) is 0 Å². The molecule has 0 aliphatic heterocycles. The number of aromatic nitrogens is 2. The van der Waals surface area contributed by atoms with E-state index in [0.29, 0.717) is 5.52 Å². The van der Waals surface area contributed by atoms with Crippen LogP contribution in [0.1, 0.15) is 10.4 Å². The Kier molecular flexibility index (Phi) is 2.52. The molecule has 94 valence electrons. The van der Waals surface area contributed by atoms with E-state index in [2.05, 4.69) is 5.10 Å². The fourth-order valence-corrected chi connectivity index (χ4v) is 2.05. The summed E-state index contributed by atoms with van der Waals surface area (Å²) in [7, 11) is 0. The molecule has 5 heteroatoms. The molecule has 0 amide bonds. The fourth-order valence-electron chi connectivity index (χ4n) is 2.05. The lowest BCUT2D eigenvalue weighted by atomic mass is 10.1. The van der Waals surface area contributed by atoms with Crippen molar-refractivity contribution in [2.45, 2.75) is 0 Å². The monoisotopic (exact) mass is 256 g/mol. The number of benzene rings is 2. The van der Waals surface area contributed by atoms with Gasteiger partial charge in [0.05, 0.1) is 17.3 Å². The van der Waals surface area contributed by atoms with Gasteiger partial charge in [0.25, 0.3) is 0 Å². The number of fused-ring (bicyclic) bond motifs is 1. The molecule has 0 aliphatic rings. The summed E-state index contributed by atoms with van der Waals surface area (Å²) in [6.45, 7) is 0. The summed E-state index contributed by atoms with van der Waals surface area (Å²) >= 11 is 0. The van der Waals surface area contributed by atoms with E-state index < -0.39 is 11.8 Å². The molecular formula is C14H9FN2O2. The maximum Gasteiger partial charge on any atom is 0.338 e. The van der Waals surface area contributed by atoms with Crippen molar-refractivity contribution in [2.75, 3.05) is 0 Å². The Morgan fingerprint density at radius 2 is 1.95 bits per heavy atom. The van der Waals surface area contributed by atoms with Gasteiger partial charge in [0, 0.05) is 5.39 Å².